The topological polar surface area (TPSA) is 91.7 Å². The molecule has 0 aromatic rings. The van der Waals surface area contributed by atoms with Crippen LogP contribution in [0.15, 0.2) is 0 Å². The Labute approximate surface area is 81.7 Å². The molecule has 5 heteroatoms. The molecule has 14 heavy (non-hydrogen) atoms. The van der Waals surface area contributed by atoms with Gasteiger partial charge in [0.05, 0.1) is 6.42 Å². The molecule has 0 saturated heterocycles. The minimum atomic E-state index is -1.05. The van der Waals surface area contributed by atoms with Gasteiger partial charge in [0.25, 0.3) is 0 Å². The summed E-state index contributed by atoms with van der Waals surface area (Å²) in [5.74, 6) is -2.29. The second-order valence-electron chi connectivity index (χ2n) is 3.14. The summed E-state index contributed by atoms with van der Waals surface area (Å²) in [7, 11) is 0. The lowest BCUT2D eigenvalue weighted by Crippen LogP contribution is -2.17. The fourth-order valence-electron chi connectivity index (χ4n) is 1.07. The zero-order valence-corrected chi connectivity index (χ0v) is 8.02. The van der Waals surface area contributed by atoms with Crippen LogP contribution >= 0.6 is 0 Å². The number of aliphatic carboxylic acids is 1. The lowest BCUT2D eigenvalue weighted by atomic mass is 9.94. The highest BCUT2D eigenvalue weighted by Gasteiger charge is 2.18. The average Bonchev–Trinajstić information content (AvgIpc) is 2.10. The summed E-state index contributed by atoms with van der Waals surface area (Å²) in [5, 5.41) is 16.9. The van der Waals surface area contributed by atoms with Crippen molar-refractivity contribution >= 4 is 17.5 Å². The maximum atomic E-state index is 10.9. The van der Waals surface area contributed by atoms with E-state index in [0.717, 1.165) is 0 Å². The standard InChI is InChI=1S/C9H14O5/c1-6(11)7(4-9(13)14)2-3-8(12)5-10/h7,10H,2-5H2,1H3,(H,13,14). The van der Waals surface area contributed by atoms with Gasteiger partial charge in [0, 0.05) is 12.3 Å². The van der Waals surface area contributed by atoms with Crippen molar-refractivity contribution in [3.8, 4) is 0 Å². The SMILES string of the molecule is CC(=O)C(CCC(=O)CO)CC(=O)O. The van der Waals surface area contributed by atoms with Crippen LogP contribution in [0.4, 0.5) is 0 Å². The quantitative estimate of drug-likeness (QED) is 0.606. The van der Waals surface area contributed by atoms with Crippen molar-refractivity contribution in [3.63, 3.8) is 0 Å². The van der Waals surface area contributed by atoms with E-state index in [1.807, 2.05) is 0 Å². The summed E-state index contributed by atoms with van der Waals surface area (Å²) in [6, 6.07) is 0. The molecule has 0 heterocycles. The van der Waals surface area contributed by atoms with Gasteiger partial charge in [-0.3, -0.25) is 14.4 Å². The maximum Gasteiger partial charge on any atom is 0.304 e. The van der Waals surface area contributed by atoms with Crippen LogP contribution in [0.5, 0.6) is 0 Å². The van der Waals surface area contributed by atoms with Gasteiger partial charge in [-0.25, -0.2) is 0 Å². The number of carbonyl (C=O) groups excluding carboxylic acids is 2. The van der Waals surface area contributed by atoms with Gasteiger partial charge in [0.15, 0.2) is 5.78 Å². The van der Waals surface area contributed by atoms with Crippen LogP contribution < -0.4 is 0 Å². The zero-order chi connectivity index (χ0) is 11.1. The maximum absolute atomic E-state index is 10.9. The summed E-state index contributed by atoms with van der Waals surface area (Å²) < 4.78 is 0. The third-order valence-corrected chi connectivity index (χ3v) is 1.94. The summed E-state index contributed by atoms with van der Waals surface area (Å²) in [6.45, 7) is 0.745. The van der Waals surface area contributed by atoms with Crippen molar-refractivity contribution < 1.29 is 24.6 Å². The minimum absolute atomic E-state index is 0.0496. The van der Waals surface area contributed by atoms with Gasteiger partial charge in [-0.1, -0.05) is 0 Å². The van der Waals surface area contributed by atoms with Crippen molar-refractivity contribution in [2.24, 2.45) is 5.92 Å². The first kappa shape index (κ1) is 12.8. The first-order valence-electron chi connectivity index (χ1n) is 4.32. The number of rotatable bonds is 7. The molecule has 0 fully saturated rings. The number of Topliss-reactive ketones (excluding diaryl/α,β-unsaturated/α-hetero) is 2. The van der Waals surface area contributed by atoms with E-state index in [0.29, 0.717) is 0 Å². The summed E-state index contributed by atoms with van der Waals surface area (Å²) >= 11 is 0. The second-order valence-corrected chi connectivity index (χ2v) is 3.14. The van der Waals surface area contributed by atoms with E-state index < -0.39 is 18.5 Å². The lowest BCUT2D eigenvalue weighted by Gasteiger charge is -2.09. The van der Waals surface area contributed by atoms with E-state index in [-0.39, 0.29) is 30.8 Å². The monoisotopic (exact) mass is 202 g/mol. The predicted octanol–water partition coefficient (Wildman–Crippen LogP) is 0.00790. The van der Waals surface area contributed by atoms with Crippen LogP contribution in [0.3, 0.4) is 0 Å². The number of carboxylic acids is 1. The normalized spacial score (nSPS) is 12.1. The van der Waals surface area contributed by atoms with Crippen LogP contribution in [0.1, 0.15) is 26.2 Å². The molecule has 0 rings (SSSR count). The Morgan fingerprint density at radius 1 is 1.29 bits per heavy atom. The molecule has 0 bridgehead atoms. The molecule has 0 spiro atoms. The Kier molecular flexibility index (Phi) is 5.71. The summed E-state index contributed by atoms with van der Waals surface area (Å²) in [4.78, 5) is 32.0. The Bertz CT molecular complexity index is 233. The van der Waals surface area contributed by atoms with Gasteiger partial charge in [-0.2, -0.15) is 0 Å². The Balaban J connectivity index is 4.04. The van der Waals surface area contributed by atoms with Crippen LogP contribution in [-0.4, -0.2) is 34.4 Å². The van der Waals surface area contributed by atoms with Gasteiger partial charge in [-0.15, -0.1) is 0 Å². The molecule has 0 aromatic heterocycles. The molecule has 0 saturated carbocycles. The number of aliphatic hydroxyl groups excluding tert-OH is 1. The first-order chi connectivity index (χ1) is 6.47. The van der Waals surface area contributed by atoms with Crippen LogP contribution in [-0.2, 0) is 14.4 Å². The fraction of sp³-hybridized carbons (Fsp3) is 0.667. The van der Waals surface area contributed by atoms with Crippen molar-refractivity contribution in [3.05, 3.63) is 0 Å². The molecule has 5 nitrogen and oxygen atoms in total. The number of hydrogen-bond donors (Lipinski definition) is 2. The molecule has 0 radical (unpaired) electrons. The highest BCUT2D eigenvalue weighted by atomic mass is 16.4. The molecule has 0 aromatic carbocycles. The minimum Gasteiger partial charge on any atom is -0.481 e. The van der Waals surface area contributed by atoms with Gasteiger partial charge in [0.2, 0.25) is 0 Å². The fourth-order valence-corrected chi connectivity index (χ4v) is 1.07. The smallest absolute Gasteiger partial charge is 0.304 e. The van der Waals surface area contributed by atoms with Crippen molar-refractivity contribution in [2.75, 3.05) is 6.61 Å². The van der Waals surface area contributed by atoms with Crippen molar-refractivity contribution in [1.82, 2.24) is 0 Å². The van der Waals surface area contributed by atoms with E-state index >= 15 is 0 Å². The highest BCUT2D eigenvalue weighted by molar-refractivity contribution is 5.84. The first-order valence-corrected chi connectivity index (χ1v) is 4.32. The summed E-state index contributed by atoms with van der Waals surface area (Å²) in [6.07, 6.45) is -0.0108. The largest absolute Gasteiger partial charge is 0.481 e. The Hall–Kier alpha value is -1.23. The van der Waals surface area contributed by atoms with Crippen molar-refractivity contribution in [1.29, 1.82) is 0 Å². The number of hydrogen-bond acceptors (Lipinski definition) is 4. The Morgan fingerprint density at radius 2 is 1.86 bits per heavy atom. The van der Waals surface area contributed by atoms with Gasteiger partial charge < -0.3 is 10.2 Å². The molecule has 0 aliphatic heterocycles. The third kappa shape index (κ3) is 5.42. The van der Waals surface area contributed by atoms with E-state index in [2.05, 4.69) is 0 Å². The van der Waals surface area contributed by atoms with Gasteiger partial charge in [-0.05, 0) is 13.3 Å². The number of ketones is 2. The van der Waals surface area contributed by atoms with Crippen LogP contribution in [0.2, 0.25) is 0 Å². The molecule has 2 N–H and O–H groups in total. The van der Waals surface area contributed by atoms with E-state index in [1.165, 1.54) is 6.92 Å². The second kappa shape index (κ2) is 6.26. The predicted molar refractivity (Wildman–Crippen MR) is 47.8 cm³/mol. The summed E-state index contributed by atoms with van der Waals surface area (Å²) in [5.41, 5.74) is 0. The Morgan fingerprint density at radius 3 is 2.21 bits per heavy atom. The van der Waals surface area contributed by atoms with Gasteiger partial charge >= 0.3 is 5.97 Å². The molecular formula is C9H14O5. The number of aliphatic hydroxyl groups is 1. The molecule has 0 aliphatic carbocycles. The van der Waals surface area contributed by atoms with Gasteiger partial charge in [0.1, 0.15) is 12.4 Å². The van der Waals surface area contributed by atoms with Crippen LogP contribution in [0.25, 0.3) is 0 Å². The highest BCUT2D eigenvalue weighted by Crippen LogP contribution is 2.12. The molecule has 0 amide bonds. The van der Waals surface area contributed by atoms with E-state index in [1.54, 1.807) is 0 Å². The molecule has 1 atom stereocenters. The third-order valence-electron chi connectivity index (χ3n) is 1.94. The lowest BCUT2D eigenvalue weighted by molar-refractivity contribution is -0.140. The molecule has 1 unspecified atom stereocenters. The van der Waals surface area contributed by atoms with E-state index in [4.69, 9.17) is 10.2 Å². The van der Waals surface area contributed by atoms with Crippen LogP contribution in [0, 0.1) is 5.92 Å². The number of carbonyl (C=O) groups is 3. The molecule has 80 valence electrons. The van der Waals surface area contributed by atoms with Crippen molar-refractivity contribution in [2.45, 2.75) is 26.2 Å². The molecular weight excluding hydrogens is 188 g/mol. The average molecular weight is 202 g/mol. The van der Waals surface area contributed by atoms with E-state index in [9.17, 15) is 14.4 Å². The zero-order valence-electron chi connectivity index (χ0n) is 8.02. The molecule has 0 aliphatic rings. The number of carboxylic acid groups (broad SMARTS) is 1.